The van der Waals surface area contributed by atoms with Crippen LogP contribution in [0.1, 0.15) is 0 Å². The monoisotopic (exact) mass is 149 g/mol. The lowest BCUT2D eigenvalue weighted by Crippen LogP contribution is -2.36. The molecule has 0 aliphatic rings. The highest BCUT2D eigenvalue weighted by Crippen LogP contribution is 1.88. The molecule has 0 aliphatic heterocycles. The molecular weight excluding hydrogens is 142 g/mol. The van der Waals surface area contributed by atoms with Crippen LogP contribution >= 0.6 is 0 Å². The van der Waals surface area contributed by atoms with E-state index in [1.54, 1.807) is 0 Å². The van der Waals surface area contributed by atoms with Crippen LogP contribution in [-0.4, -0.2) is 45.6 Å². The molecule has 0 rings (SSSR count). The molecule has 3 N–H and O–H groups in total. The first-order valence-corrected chi connectivity index (χ1v) is 2.44. The molecule has 58 valence electrons. The number of carboxylic acid groups (broad SMARTS) is 2. The molecule has 0 saturated carbocycles. The number of aliphatic hydroxyl groups excluding tert-OH is 1. The fourth-order valence-corrected chi connectivity index (χ4v) is 0.373. The van der Waals surface area contributed by atoms with E-state index in [2.05, 4.69) is 0 Å². The summed E-state index contributed by atoms with van der Waals surface area (Å²) in [5.41, 5.74) is 0. The largest absolute Gasteiger partial charge is 0.465 e. The van der Waals surface area contributed by atoms with Crippen LogP contribution in [0.2, 0.25) is 0 Å². The second-order valence-electron chi connectivity index (χ2n) is 1.44. The van der Waals surface area contributed by atoms with Gasteiger partial charge in [-0.3, -0.25) is 0 Å². The molecule has 6 nitrogen and oxygen atoms in total. The first kappa shape index (κ1) is 8.70. The van der Waals surface area contributed by atoms with Crippen LogP contribution in [0.5, 0.6) is 0 Å². The molecular formula is C4H7NO5. The zero-order valence-corrected chi connectivity index (χ0v) is 5.02. The van der Waals surface area contributed by atoms with E-state index in [-0.39, 0.29) is 4.90 Å². The van der Waals surface area contributed by atoms with E-state index < -0.39 is 25.3 Å². The number of nitrogens with zero attached hydrogens (tertiary/aromatic N) is 1. The standard InChI is InChI=1S/C4H7NO5/c6-2-1-5(3(7)8)4(9)10/h6H,1-2H2,(H,7,8)(H,9,10). The van der Waals surface area contributed by atoms with Crippen molar-refractivity contribution in [2.24, 2.45) is 0 Å². The van der Waals surface area contributed by atoms with Crippen LogP contribution < -0.4 is 0 Å². The summed E-state index contributed by atoms with van der Waals surface area (Å²) < 4.78 is 0. The van der Waals surface area contributed by atoms with Gasteiger partial charge in [-0.2, -0.15) is 0 Å². The second-order valence-corrected chi connectivity index (χ2v) is 1.44. The van der Waals surface area contributed by atoms with Crippen molar-refractivity contribution in [1.82, 2.24) is 4.90 Å². The Morgan fingerprint density at radius 3 is 1.70 bits per heavy atom. The van der Waals surface area contributed by atoms with Gasteiger partial charge in [0.2, 0.25) is 0 Å². The Hall–Kier alpha value is -1.30. The van der Waals surface area contributed by atoms with Gasteiger partial charge >= 0.3 is 12.2 Å². The van der Waals surface area contributed by atoms with Crippen LogP contribution in [0.25, 0.3) is 0 Å². The molecule has 0 aliphatic carbocycles. The third-order valence-corrected chi connectivity index (χ3v) is 0.785. The van der Waals surface area contributed by atoms with E-state index >= 15 is 0 Å². The number of aliphatic hydroxyl groups is 1. The summed E-state index contributed by atoms with van der Waals surface area (Å²) in [7, 11) is 0. The minimum Gasteiger partial charge on any atom is -0.465 e. The molecule has 0 saturated heterocycles. The molecule has 0 spiro atoms. The molecule has 0 aromatic rings. The lowest BCUT2D eigenvalue weighted by atomic mass is 10.6. The smallest absolute Gasteiger partial charge is 0.416 e. The molecule has 0 heterocycles. The average molecular weight is 149 g/mol. The van der Waals surface area contributed by atoms with Crippen LogP contribution in [-0.2, 0) is 0 Å². The van der Waals surface area contributed by atoms with E-state index in [4.69, 9.17) is 15.3 Å². The third-order valence-electron chi connectivity index (χ3n) is 0.785. The van der Waals surface area contributed by atoms with Gasteiger partial charge in [0, 0.05) is 0 Å². The normalized spacial score (nSPS) is 8.90. The maximum absolute atomic E-state index is 9.96. The topological polar surface area (TPSA) is 98.1 Å². The minimum absolute atomic E-state index is 0.0972. The van der Waals surface area contributed by atoms with Gasteiger partial charge in [0.15, 0.2) is 0 Å². The van der Waals surface area contributed by atoms with Gasteiger partial charge in [-0.1, -0.05) is 0 Å². The van der Waals surface area contributed by atoms with Crippen LogP contribution in [0.15, 0.2) is 0 Å². The molecule has 0 radical (unpaired) electrons. The molecule has 0 bridgehead atoms. The first-order chi connectivity index (χ1) is 4.59. The van der Waals surface area contributed by atoms with Crippen molar-refractivity contribution in [3.05, 3.63) is 0 Å². The van der Waals surface area contributed by atoms with Crippen molar-refractivity contribution < 1.29 is 24.9 Å². The summed E-state index contributed by atoms with van der Waals surface area (Å²) >= 11 is 0. The zero-order valence-electron chi connectivity index (χ0n) is 5.02. The number of hydrogen-bond donors (Lipinski definition) is 3. The lowest BCUT2D eigenvalue weighted by molar-refractivity contribution is 0.113. The molecule has 2 amide bonds. The Bertz CT molecular complexity index is 131. The minimum atomic E-state index is -1.58. The van der Waals surface area contributed by atoms with E-state index in [1.807, 2.05) is 0 Å². The van der Waals surface area contributed by atoms with E-state index in [0.717, 1.165) is 0 Å². The summed E-state index contributed by atoms with van der Waals surface area (Å²) in [6.07, 6.45) is -3.16. The fourth-order valence-electron chi connectivity index (χ4n) is 0.373. The second kappa shape index (κ2) is 3.67. The molecule has 0 fully saturated rings. The summed E-state index contributed by atoms with van der Waals surface area (Å²) in [5, 5.41) is 24.4. The number of imide groups is 1. The molecule has 0 aromatic heterocycles. The van der Waals surface area contributed by atoms with Gasteiger partial charge in [-0.05, 0) is 0 Å². The highest BCUT2D eigenvalue weighted by atomic mass is 16.4. The summed E-state index contributed by atoms with van der Waals surface area (Å²) in [6.45, 7) is -0.913. The van der Waals surface area contributed by atoms with E-state index in [0.29, 0.717) is 0 Å². The van der Waals surface area contributed by atoms with Crippen molar-refractivity contribution in [3.63, 3.8) is 0 Å². The van der Waals surface area contributed by atoms with Crippen molar-refractivity contribution >= 4 is 12.2 Å². The van der Waals surface area contributed by atoms with Gasteiger partial charge in [0.05, 0.1) is 13.2 Å². The Morgan fingerprint density at radius 2 is 1.60 bits per heavy atom. The predicted octanol–water partition coefficient (Wildman–Crippen LogP) is -0.363. The van der Waals surface area contributed by atoms with Gasteiger partial charge in [-0.25, -0.2) is 14.5 Å². The summed E-state index contributed by atoms with van der Waals surface area (Å²) in [5.74, 6) is 0. The SMILES string of the molecule is O=C(O)N(CCO)C(=O)O. The van der Waals surface area contributed by atoms with Crippen molar-refractivity contribution in [2.45, 2.75) is 0 Å². The third kappa shape index (κ3) is 2.31. The highest BCUT2D eigenvalue weighted by Gasteiger charge is 2.17. The molecule has 10 heavy (non-hydrogen) atoms. The maximum atomic E-state index is 9.96. The summed E-state index contributed by atoms with van der Waals surface area (Å²) in [4.78, 5) is 20.0. The van der Waals surface area contributed by atoms with Crippen LogP contribution in [0.3, 0.4) is 0 Å². The Balaban J connectivity index is 3.98. The van der Waals surface area contributed by atoms with Crippen molar-refractivity contribution in [2.75, 3.05) is 13.2 Å². The fraction of sp³-hybridized carbons (Fsp3) is 0.500. The quantitative estimate of drug-likeness (QED) is 0.497. The van der Waals surface area contributed by atoms with Crippen LogP contribution in [0.4, 0.5) is 9.59 Å². The first-order valence-electron chi connectivity index (χ1n) is 2.44. The summed E-state index contributed by atoms with van der Waals surface area (Å²) in [6, 6.07) is 0. The van der Waals surface area contributed by atoms with E-state index in [1.165, 1.54) is 0 Å². The molecule has 0 atom stereocenters. The van der Waals surface area contributed by atoms with Gasteiger partial charge in [-0.15, -0.1) is 0 Å². The number of hydrogen-bond acceptors (Lipinski definition) is 3. The van der Waals surface area contributed by atoms with Crippen LogP contribution in [0, 0.1) is 0 Å². The Morgan fingerprint density at radius 1 is 1.20 bits per heavy atom. The van der Waals surface area contributed by atoms with Crippen molar-refractivity contribution in [3.8, 4) is 0 Å². The number of carbonyl (C=O) groups is 2. The predicted molar refractivity (Wildman–Crippen MR) is 29.8 cm³/mol. The highest BCUT2D eigenvalue weighted by molar-refractivity contribution is 5.85. The maximum Gasteiger partial charge on any atom is 0.416 e. The Labute approximate surface area is 56.3 Å². The number of amides is 2. The zero-order chi connectivity index (χ0) is 8.15. The van der Waals surface area contributed by atoms with Crippen molar-refractivity contribution in [1.29, 1.82) is 0 Å². The number of rotatable bonds is 2. The lowest BCUT2D eigenvalue weighted by Gasteiger charge is -2.09. The Kier molecular flexibility index (Phi) is 3.20. The molecule has 6 heteroatoms. The molecule has 0 unspecified atom stereocenters. The molecule has 0 aromatic carbocycles. The van der Waals surface area contributed by atoms with Gasteiger partial charge in [0.25, 0.3) is 0 Å². The van der Waals surface area contributed by atoms with Gasteiger partial charge in [0.1, 0.15) is 0 Å². The average Bonchev–Trinajstić information content (AvgIpc) is 1.81. The van der Waals surface area contributed by atoms with Gasteiger partial charge < -0.3 is 15.3 Å². The van der Waals surface area contributed by atoms with E-state index in [9.17, 15) is 9.59 Å².